The van der Waals surface area contributed by atoms with Crippen LogP contribution in [-0.4, -0.2) is 24.3 Å². The molecule has 0 saturated heterocycles. The Kier molecular flexibility index (Phi) is 13.6. The van der Waals surface area contributed by atoms with Crippen molar-refractivity contribution in [3.63, 3.8) is 0 Å². The quantitative estimate of drug-likeness (QED) is 0.155. The summed E-state index contributed by atoms with van der Waals surface area (Å²) in [6, 6.07) is 8.05. The van der Waals surface area contributed by atoms with Crippen molar-refractivity contribution in [2.24, 2.45) is 34.5 Å². The van der Waals surface area contributed by atoms with Crippen molar-refractivity contribution in [3.05, 3.63) is 66.3 Å². The first-order valence-electron chi connectivity index (χ1n) is 15.0. The number of benzene rings is 1. The standard InChI is InChI=1S/C36H57NO3/c1-13-15-16-17-27(5)25-40-31-20-18-29(19-21-31)23-32(34(7,8)28(6)14-2)33(39)37-36(11,12)35(9,10)30(24-38)22-26(3)4/h13,15-21,24,26,28,30,32H,5,14,22-23,25H2,1-4,6-12H3,(H,37,39). The van der Waals surface area contributed by atoms with Crippen molar-refractivity contribution in [1.82, 2.24) is 5.32 Å². The van der Waals surface area contributed by atoms with E-state index >= 15 is 0 Å². The predicted molar refractivity (Wildman–Crippen MR) is 170 cm³/mol. The van der Waals surface area contributed by atoms with E-state index in [1.54, 1.807) is 0 Å². The fraction of sp³-hybridized carbons (Fsp3) is 0.611. The Morgan fingerprint density at radius 1 is 1.02 bits per heavy atom. The van der Waals surface area contributed by atoms with Crippen molar-refractivity contribution in [2.75, 3.05) is 6.61 Å². The highest BCUT2D eigenvalue weighted by molar-refractivity contribution is 5.81. The minimum Gasteiger partial charge on any atom is -0.489 e. The molecule has 4 heteroatoms. The molecule has 0 aliphatic heterocycles. The third kappa shape index (κ3) is 9.78. The topological polar surface area (TPSA) is 55.4 Å². The maximum atomic E-state index is 14.1. The lowest BCUT2D eigenvalue weighted by molar-refractivity contribution is -0.135. The molecule has 0 bridgehead atoms. The van der Waals surface area contributed by atoms with E-state index in [4.69, 9.17) is 4.74 Å². The third-order valence-electron chi connectivity index (χ3n) is 9.38. The largest absolute Gasteiger partial charge is 0.489 e. The zero-order valence-electron chi connectivity index (χ0n) is 27.3. The van der Waals surface area contributed by atoms with Crippen LogP contribution < -0.4 is 10.1 Å². The second kappa shape index (κ2) is 15.4. The first-order chi connectivity index (χ1) is 18.5. The van der Waals surface area contributed by atoms with Crippen molar-refractivity contribution >= 4 is 12.2 Å². The van der Waals surface area contributed by atoms with Gasteiger partial charge in [0.15, 0.2) is 0 Å². The summed E-state index contributed by atoms with van der Waals surface area (Å²) in [5.74, 6) is 1.19. The molecule has 224 valence electrons. The van der Waals surface area contributed by atoms with Gasteiger partial charge in [-0.15, -0.1) is 0 Å². The normalized spacial score (nSPS) is 15.3. The summed E-state index contributed by atoms with van der Waals surface area (Å²) in [7, 11) is 0. The first kappa shape index (κ1) is 35.4. The molecule has 0 aliphatic rings. The van der Waals surface area contributed by atoms with Gasteiger partial charge in [-0.25, -0.2) is 0 Å². The van der Waals surface area contributed by atoms with Gasteiger partial charge in [-0.05, 0) is 79.5 Å². The number of allylic oxidation sites excluding steroid dienone is 3. The monoisotopic (exact) mass is 551 g/mol. The number of ether oxygens (including phenoxy) is 1. The number of carbonyl (C=O) groups excluding carboxylic acids is 2. The van der Waals surface area contributed by atoms with Crippen LogP contribution in [0.2, 0.25) is 0 Å². The van der Waals surface area contributed by atoms with E-state index in [9.17, 15) is 9.59 Å². The molecule has 1 aromatic rings. The van der Waals surface area contributed by atoms with E-state index < -0.39 is 11.0 Å². The molecule has 0 radical (unpaired) electrons. The molecule has 3 unspecified atom stereocenters. The second-order valence-corrected chi connectivity index (χ2v) is 13.6. The average Bonchev–Trinajstić information content (AvgIpc) is 2.88. The molecule has 0 heterocycles. The molecule has 1 rings (SSSR count). The fourth-order valence-electron chi connectivity index (χ4n) is 5.10. The number of carbonyl (C=O) groups is 2. The van der Waals surface area contributed by atoms with Crippen molar-refractivity contribution in [3.8, 4) is 5.75 Å². The van der Waals surface area contributed by atoms with Gasteiger partial charge in [0.25, 0.3) is 0 Å². The molecule has 0 aromatic heterocycles. The summed E-state index contributed by atoms with van der Waals surface area (Å²) in [6.45, 7) is 27.9. The minimum absolute atomic E-state index is 0.0436. The van der Waals surface area contributed by atoms with Crippen LogP contribution in [0.1, 0.15) is 94.6 Å². The van der Waals surface area contributed by atoms with Gasteiger partial charge in [-0.1, -0.05) is 105 Å². The van der Waals surface area contributed by atoms with E-state index in [-0.39, 0.29) is 23.2 Å². The van der Waals surface area contributed by atoms with Crippen LogP contribution in [0.5, 0.6) is 5.75 Å². The summed E-state index contributed by atoms with van der Waals surface area (Å²) >= 11 is 0. The van der Waals surface area contributed by atoms with Gasteiger partial charge in [-0.3, -0.25) is 4.79 Å². The third-order valence-corrected chi connectivity index (χ3v) is 9.38. The van der Waals surface area contributed by atoms with Gasteiger partial charge in [0.05, 0.1) is 0 Å². The average molecular weight is 552 g/mol. The van der Waals surface area contributed by atoms with E-state index in [2.05, 4.69) is 93.3 Å². The second-order valence-electron chi connectivity index (χ2n) is 13.6. The molecular weight excluding hydrogens is 494 g/mol. The summed E-state index contributed by atoms with van der Waals surface area (Å²) in [5, 5.41) is 3.41. The van der Waals surface area contributed by atoms with Crippen molar-refractivity contribution < 1.29 is 14.3 Å². The molecule has 1 amide bonds. The Balaban J connectivity index is 3.18. The van der Waals surface area contributed by atoms with Crippen LogP contribution in [-0.2, 0) is 16.0 Å². The maximum Gasteiger partial charge on any atom is 0.224 e. The zero-order chi connectivity index (χ0) is 30.7. The van der Waals surface area contributed by atoms with E-state index in [0.717, 1.165) is 36.0 Å². The zero-order valence-corrected chi connectivity index (χ0v) is 27.3. The number of rotatable bonds is 17. The van der Waals surface area contributed by atoms with E-state index in [1.807, 2.05) is 43.4 Å². The molecule has 0 aliphatic carbocycles. The van der Waals surface area contributed by atoms with Gasteiger partial charge >= 0.3 is 0 Å². The highest BCUT2D eigenvalue weighted by Crippen LogP contribution is 2.43. The molecule has 40 heavy (non-hydrogen) atoms. The van der Waals surface area contributed by atoms with Gasteiger partial charge in [0.2, 0.25) is 5.91 Å². The van der Waals surface area contributed by atoms with Crippen LogP contribution in [0.4, 0.5) is 0 Å². The SMILES string of the molecule is C=C(C=CC=CC)COc1ccc(CC(C(=O)NC(C)(C)C(C)(C)C(C=O)CC(C)C)C(C)(C)C(C)CC)cc1. The summed E-state index contributed by atoms with van der Waals surface area (Å²) in [4.78, 5) is 26.2. The van der Waals surface area contributed by atoms with Crippen LogP contribution >= 0.6 is 0 Å². The van der Waals surface area contributed by atoms with Crippen LogP contribution in [0, 0.1) is 34.5 Å². The molecule has 3 atom stereocenters. The predicted octanol–water partition coefficient (Wildman–Crippen LogP) is 8.77. The summed E-state index contributed by atoms with van der Waals surface area (Å²) in [6.07, 6.45) is 11.3. The molecule has 0 saturated carbocycles. The number of nitrogens with one attached hydrogen (secondary N) is 1. The Labute approximate surface area is 245 Å². The van der Waals surface area contributed by atoms with Crippen molar-refractivity contribution in [2.45, 2.75) is 101 Å². The smallest absolute Gasteiger partial charge is 0.224 e. The van der Waals surface area contributed by atoms with Gasteiger partial charge in [0.1, 0.15) is 18.6 Å². The molecule has 0 spiro atoms. The van der Waals surface area contributed by atoms with Gasteiger partial charge in [-0.2, -0.15) is 0 Å². The first-order valence-corrected chi connectivity index (χ1v) is 15.0. The fourth-order valence-corrected chi connectivity index (χ4v) is 5.10. The number of hydrogen-bond donors (Lipinski definition) is 1. The van der Waals surface area contributed by atoms with E-state index in [0.29, 0.717) is 24.9 Å². The van der Waals surface area contributed by atoms with Crippen LogP contribution in [0.25, 0.3) is 0 Å². The molecule has 1 aromatic carbocycles. The van der Waals surface area contributed by atoms with Crippen molar-refractivity contribution in [1.29, 1.82) is 0 Å². The Hall–Kier alpha value is -2.62. The number of aldehydes is 1. The minimum atomic E-state index is -0.574. The Morgan fingerprint density at radius 3 is 2.12 bits per heavy atom. The van der Waals surface area contributed by atoms with Crippen LogP contribution in [0.15, 0.2) is 60.7 Å². The molecule has 1 N–H and O–H groups in total. The lowest BCUT2D eigenvalue weighted by Gasteiger charge is -2.48. The lowest BCUT2D eigenvalue weighted by atomic mass is 9.63. The molecule has 4 nitrogen and oxygen atoms in total. The highest BCUT2D eigenvalue weighted by Gasteiger charge is 2.47. The summed E-state index contributed by atoms with van der Waals surface area (Å²) < 4.78 is 5.91. The highest BCUT2D eigenvalue weighted by atomic mass is 16.5. The number of hydrogen-bond acceptors (Lipinski definition) is 3. The molecular formula is C36H57NO3. The number of amides is 1. The van der Waals surface area contributed by atoms with Crippen LogP contribution in [0.3, 0.4) is 0 Å². The summed E-state index contributed by atoms with van der Waals surface area (Å²) in [5.41, 5.74) is 0.775. The van der Waals surface area contributed by atoms with Gasteiger partial charge in [0, 0.05) is 17.4 Å². The van der Waals surface area contributed by atoms with E-state index in [1.165, 1.54) is 0 Å². The molecule has 0 fully saturated rings. The Bertz CT molecular complexity index is 1010. The van der Waals surface area contributed by atoms with Gasteiger partial charge < -0.3 is 14.8 Å². The Morgan fingerprint density at radius 2 is 1.62 bits per heavy atom. The lowest BCUT2D eigenvalue weighted by Crippen LogP contribution is -2.59. The maximum absolute atomic E-state index is 14.1.